The number of benzene rings is 1. The lowest BCUT2D eigenvalue weighted by Gasteiger charge is -2.17. The van der Waals surface area contributed by atoms with Crippen molar-refractivity contribution in [2.75, 3.05) is 25.1 Å². The zero-order valence-corrected chi connectivity index (χ0v) is 15.6. The Morgan fingerprint density at radius 1 is 0.962 bits per heavy atom. The van der Waals surface area contributed by atoms with Gasteiger partial charge in [0.1, 0.15) is 12.6 Å². The van der Waals surface area contributed by atoms with Gasteiger partial charge in [-0.1, -0.05) is 13.3 Å². The summed E-state index contributed by atoms with van der Waals surface area (Å²) in [7, 11) is 0. The standard InChI is InChI=1S/C19H27NO6/c1-4-7-16(19(23)25-6-3)20-15-10-8-14(9-11-15)18(22)26-13-12-17(21)24-5-2/h8-11,16,20H,4-7,12-13H2,1-3H3. The number of rotatable bonds is 11. The lowest BCUT2D eigenvalue weighted by atomic mass is 10.1. The molecule has 1 N–H and O–H groups in total. The molecule has 0 heterocycles. The SMILES string of the molecule is CCCC(Nc1ccc(C(=O)OCCC(=O)OCC)cc1)C(=O)OCC. The highest BCUT2D eigenvalue weighted by molar-refractivity contribution is 5.90. The van der Waals surface area contributed by atoms with Crippen molar-refractivity contribution in [3.8, 4) is 0 Å². The molecule has 1 aromatic carbocycles. The predicted octanol–water partition coefficient (Wildman–Crippen LogP) is 2.94. The summed E-state index contributed by atoms with van der Waals surface area (Å²) in [6.07, 6.45) is 1.51. The number of carbonyl (C=O) groups is 3. The minimum atomic E-state index is -0.517. The maximum Gasteiger partial charge on any atom is 0.338 e. The highest BCUT2D eigenvalue weighted by Crippen LogP contribution is 2.14. The quantitative estimate of drug-likeness (QED) is 0.476. The van der Waals surface area contributed by atoms with Crippen LogP contribution in [0.25, 0.3) is 0 Å². The Morgan fingerprint density at radius 2 is 1.62 bits per heavy atom. The van der Waals surface area contributed by atoms with Gasteiger partial charge in [-0.2, -0.15) is 0 Å². The van der Waals surface area contributed by atoms with E-state index in [0.29, 0.717) is 30.9 Å². The summed E-state index contributed by atoms with van der Waals surface area (Å²) in [6.45, 7) is 6.07. The molecule has 0 aromatic heterocycles. The molecule has 0 aliphatic carbocycles. The van der Waals surface area contributed by atoms with Crippen molar-refractivity contribution in [3.05, 3.63) is 29.8 Å². The van der Waals surface area contributed by atoms with Crippen LogP contribution in [0.4, 0.5) is 5.69 Å². The van der Waals surface area contributed by atoms with Crippen LogP contribution in [0.3, 0.4) is 0 Å². The van der Waals surface area contributed by atoms with Gasteiger partial charge in [-0.05, 0) is 44.5 Å². The lowest BCUT2D eigenvalue weighted by molar-refractivity contribution is -0.145. The molecule has 144 valence electrons. The first-order valence-corrected chi connectivity index (χ1v) is 8.87. The van der Waals surface area contributed by atoms with Crippen LogP contribution in [0.5, 0.6) is 0 Å². The second-order valence-corrected chi connectivity index (χ2v) is 5.51. The number of ether oxygens (including phenoxy) is 3. The van der Waals surface area contributed by atoms with Gasteiger partial charge in [0.05, 0.1) is 25.2 Å². The summed E-state index contributed by atoms with van der Waals surface area (Å²) in [6, 6.07) is 6.17. The van der Waals surface area contributed by atoms with E-state index in [9.17, 15) is 14.4 Å². The van der Waals surface area contributed by atoms with Gasteiger partial charge in [0.15, 0.2) is 0 Å². The summed E-state index contributed by atoms with van der Waals surface area (Å²) in [5, 5.41) is 3.11. The van der Waals surface area contributed by atoms with E-state index < -0.39 is 18.0 Å². The highest BCUT2D eigenvalue weighted by Gasteiger charge is 2.18. The maximum atomic E-state index is 11.9. The molecule has 1 atom stereocenters. The zero-order chi connectivity index (χ0) is 19.4. The number of hydrogen-bond donors (Lipinski definition) is 1. The number of nitrogens with one attached hydrogen (secondary N) is 1. The molecular weight excluding hydrogens is 338 g/mol. The molecule has 7 nitrogen and oxygen atoms in total. The Labute approximate surface area is 154 Å². The van der Waals surface area contributed by atoms with Gasteiger partial charge in [-0.3, -0.25) is 4.79 Å². The van der Waals surface area contributed by atoms with Crippen molar-refractivity contribution in [2.24, 2.45) is 0 Å². The van der Waals surface area contributed by atoms with Gasteiger partial charge in [-0.25, -0.2) is 9.59 Å². The van der Waals surface area contributed by atoms with Crippen molar-refractivity contribution in [3.63, 3.8) is 0 Å². The maximum absolute atomic E-state index is 11.9. The first-order chi connectivity index (χ1) is 12.5. The van der Waals surface area contributed by atoms with Gasteiger partial charge >= 0.3 is 17.9 Å². The summed E-state index contributed by atoms with van der Waals surface area (Å²) in [5.41, 5.74) is 1.07. The third kappa shape index (κ3) is 7.55. The lowest BCUT2D eigenvalue weighted by Crippen LogP contribution is -2.31. The fourth-order valence-corrected chi connectivity index (χ4v) is 2.23. The van der Waals surface area contributed by atoms with Crippen molar-refractivity contribution >= 4 is 23.6 Å². The molecule has 1 unspecified atom stereocenters. The average molecular weight is 365 g/mol. The van der Waals surface area contributed by atoms with E-state index in [2.05, 4.69) is 5.32 Å². The first kappa shape index (κ1) is 21.5. The van der Waals surface area contributed by atoms with Gasteiger partial charge in [-0.15, -0.1) is 0 Å². The van der Waals surface area contributed by atoms with Crippen LogP contribution >= 0.6 is 0 Å². The van der Waals surface area contributed by atoms with Crippen molar-refractivity contribution in [2.45, 2.75) is 46.1 Å². The van der Waals surface area contributed by atoms with Crippen LogP contribution in [0.2, 0.25) is 0 Å². The Balaban J connectivity index is 2.56. The number of hydrogen-bond acceptors (Lipinski definition) is 7. The second-order valence-electron chi connectivity index (χ2n) is 5.51. The van der Waals surface area contributed by atoms with E-state index in [1.165, 1.54) is 0 Å². The molecule has 0 fully saturated rings. The van der Waals surface area contributed by atoms with E-state index in [1.807, 2.05) is 6.92 Å². The predicted molar refractivity (Wildman–Crippen MR) is 96.9 cm³/mol. The van der Waals surface area contributed by atoms with Crippen molar-refractivity contribution in [1.29, 1.82) is 0 Å². The molecule has 0 saturated heterocycles. The van der Waals surface area contributed by atoms with Crippen LogP contribution in [-0.2, 0) is 23.8 Å². The molecule has 0 aliphatic rings. The van der Waals surface area contributed by atoms with Crippen LogP contribution in [0, 0.1) is 0 Å². The summed E-state index contributed by atoms with van der Waals surface area (Å²) in [5.74, 6) is -1.21. The number of esters is 3. The Morgan fingerprint density at radius 3 is 2.19 bits per heavy atom. The minimum Gasteiger partial charge on any atom is -0.466 e. The third-order valence-corrected chi connectivity index (χ3v) is 3.45. The van der Waals surface area contributed by atoms with E-state index in [0.717, 1.165) is 6.42 Å². The normalized spacial score (nSPS) is 11.3. The van der Waals surface area contributed by atoms with Crippen LogP contribution in [-0.4, -0.2) is 43.8 Å². The number of carbonyl (C=O) groups excluding carboxylic acids is 3. The second kappa shape index (κ2) is 11.9. The molecule has 0 amide bonds. The van der Waals surface area contributed by atoms with E-state index >= 15 is 0 Å². The fourth-order valence-electron chi connectivity index (χ4n) is 2.23. The first-order valence-electron chi connectivity index (χ1n) is 8.87. The molecule has 26 heavy (non-hydrogen) atoms. The average Bonchev–Trinajstić information content (AvgIpc) is 2.62. The topological polar surface area (TPSA) is 90.9 Å². The van der Waals surface area contributed by atoms with Crippen LogP contribution < -0.4 is 5.32 Å². The van der Waals surface area contributed by atoms with Gasteiger partial charge in [0, 0.05) is 5.69 Å². The van der Waals surface area contributed by atoms with Crippen molar-refractivity contribution in [1.82, 2.24) is 0 Å². The Bertz CT molecular complexity index is 584. The molecule has 0 aliphatic heterocycles. The molecule has 0 radical (unpaired) electrons. The Hall–Kier alpha value is -2.57. The van der Waals surface area contributed by atoms with Gasteiger partial charge in [0.25, 0.3) is 0 Å². The van der Waals surface area contributed by atoms with Crippen molar-refractivity contribution < 1.29 is 28.6 Å². The third-order valence-electron chi connectivity index (χ3n) is 3.45. The van der Waals surface area contributed by atoms with E-state index in [-0.39, 0.29) is 19.0 Å². The smallest absolute Gasteiger partial charge is 0.338 e. The molecule has 7 heteroatoms. The monoisotopic (exact) mass is 365 g/mol. The Kier molecular flexibility index (Phi) is 9.82. The molecule has 0 bridgehead atoms. The largest absolute Gasteiger partial charge is 0.466 e. The van der Waals surface area contributed by atoms with Gasteiger partial charge in [0.2, 0.25) is 0 Å². The van der Waals surface area contributed by atoms with Gasteiger partial charge < -0.3 is 19.5 Å². The molecular formula is C19H27NO6. The van der Waals surface area contributed by atoms with Crippen LogP contribution in [0.1, 0.15) is 50.4 Å². The fraction of sp³-hybridized carbons (Fsp3) is 0.526. The summed E-state index contributed by atoms with van der Waals surface area (Å²) >= 11 is 0. The van der Waals surface area contributed by atoms with E-state index in [4.69, 9.17) is 14.2 Å². The zero-order valence-electron chi connectivity index (χ0n) is 15.6. The highest BCUT2D eigenvalue weighted by atomic mass is 16.5. The van der Waals surface area contributed by atoms with Crippen LogP contribution in [0.15, 0.2) is 24.3 Å². The molecule has 0 saturated carbocycles. The summed E-state index contributed by atoms with van der Waals surface area (Å²) < 4.78 is 14.9. The minimum absolute atomic E-state index is 0.0253. The summed E-state index contributed by atoms with van der Waals surface area (Å²) in [4.78, 5) is 35.1. The number of anilines is 1. The molecule has 1 aromatic rings. The molecule has 1 rings (SSSR count). The molecule has 0 spiro atoms. The van der Waals surface area contributed by atoms with E-state index in [1.54, 1.807) is 38.1 Å².